The van der Waals surface area contributed by atoms with Crippen LogP contribution >= 0.6 is 11.3 Å². The van der Waals surface area contributed by atoms with E-state index >= 15 is 0 Å². The summed E-state index contributed by atoms with van der Waals surface area (Å²) in [5.41, 5.74) is 0. The minimum absolute atomic E-state index is 0.328. The maximum Gasteiger partial charge on any atom is 0.191 e. The van der Waals surface area contributed by atoms with E-state index < -0.39 is 6.10 Å². The molecule has 2 aromatic rings. The first-order valence-electron chi connectivity index (χ1n) is 6.68. The topological polar surface area (TPSA) is 82.7 Å². The Morgan fingerprint density at radius 1 is 1.43 bits per heavy atom. The number of hydrogen-bond acceptors (Lipinski definition) is 5. The molecule has 0 aromatic carbocycles. The van der Waals surface area contributed by atoms with Gasteiger partial charge in [-0.25, -0.2) is 4.98 Å². The van der Waals surface area contributed by atoms with Crippen molar-refractivity contribution in [1.29, 1.82) is 0 Å². The first-order valence-corrected chi connectivity index (χ1v) is 7.50. The highest BCUT2D eigenvalue weighted by Gasteiger charge is 2.12. The van der Waals surface area contributed by atoms with Crippen LogP contribution in [0.4, 0.5) is 0 Å². The van der Waals surface area contributed by atoms with Crippen molar-refractivity contribution in [2.45, 2.75) is 26.5 Å². The number of hydrogen-bond donors (Lipinski definition) is 3. The fourth-order valence-corrected chi connectivity index (χ4v) is 2.54. The van der Waals surface area contributed by atoms with Gasteiger partial charge in [0.25, 0.3) is 0 Å². The van der Waals surface area contributed by atoms with Crippen molar-refractivity contribution in [2.24, 2.45) is 4.99 Å². The van der Waals surface area contributed by atoms with Crippen LogP contribution in [-0.4, -0.2) is 29.6 Å². The van der Waals surface area contributed by atoms with Gasteiger partial charge in [0.05, 0.1) is 18.1 Å². The number of guanidine groups is 1. The van der Waals surface area contributed by atoms with Crippen LogP contribution in [0.1, 0.15) is 27.5 Å². The summed E-state index contributed by atoms with van der Waals surface area (Å²) in [5, 5.41) is 17.3. The summed E-state index contributed by atoms with van der Waals surface area (Å²) in [6.45, 7) is 4.81. The number of aliphatic hydroxyl groups is 1. The third kappa shape index (κ3) is 4.57. The molecule has 0 aliphatic rings. The lowest BCUT2D eigenvalue weighted by atomic mass is 10.3. The van der Waals surface area contributed by atoms with Gasteiger partial charge in [0.15, 0.2) is 5.96 Å². The summed E-state index contributed by atoms with van der Waals surface area (Å²) in [5.74, 6) is 1.96. The lowest BCUT2D eigenvalue weighted by molar-refractivity contribution is 0.151. The third-order valence-electron chi connectivity index (χ3n) is 2.88. The quantitative estimate of drug-likeness (QED) is 0.579. The van der Waals surface area contributed by atoms with Crippen LogP contribution in [0.3, 0.4) is 0 Å². The average molecular weight is 308 g/mol. The van der Waals surface area contributed by atoms with E-state index in [1.54, 1.807) is 24.5 Å². The van der Waals surface area contributed by atoms with Gasteiger partial charge < -0.3 is 20.2 Å². The predicted molar refractivity (Wildman–Crippen MR) is 83.5 cm³/mol. The van der Waals surface area contributed by atoms with Crippen molar-refractivity contribution in [3.8, 4) is 0 Å². The number of thiazole rings is 1. The van der Waals surface area contributed by atoms with Gasteiger partial charge in [-0.1, -0.05) is 0 Å². The van der Waals surface area contributed by atoms with Gasteiger partial charge in [-0.2, -0.15) is 0 Å². The summed E-state index contributed by atoms with van der Waals surface area (Å²) < 4.78 is 5.39. The lowest BCUT2D eigenvalue weighted by Crippen LogP contribution is -2.38. The summed E-state index contributed by atoms with van der Waals surface area (Å²) in [4.78, 5) is 9.46. The molecule has 0 amide bonds. The standard InChI is InChI=1S/C14H20N4O2S/c1-9-4-5-13(20-9)12(19)8-18-14(15-3)17-7-11-6-16-10(2)21-11/h4-6,12,19H,7-8H2,1-3H3,(H2,15,17,18). The zero-order valence-corrected chi connectivity index (χ0v) is 13.2. The Hall–Kier alpha value is -1.86. The Morgan fingerprint density at radius 2 is 2.24 bits per heavy atom. The largest absolute Gasteiger partial charge is 0.464 e. The van der Waals surface area contributed by atoms with Crippen LogP contribution < -0.4 is 10.6 Å². The van der Waals surface area contributed by atoms with E-state index in [4.69, 9.17) is 4.42 Å². The molecule has 114 valence electrons. The number of nitrogens with one attached hydrogen (secondary N) is 2. The van der Waals surface area contributed by atoms with E-state index in [0.717, 1.165) is 15.6 Å². The Balaban J connectivity index is 1.80. The number of aryl methyl sites for hydroxylation is 2. The SMILES string of the molecule is CN=C(NCc1cnc(C)s1)NCC(O)c1ccc(C)o1. The van der Waals surface area contributed by atoms with Crippen molar-refractivity contribution in [1.82, 2.24) is 15.6 Å². The van der Waals surface area contributed by atoms with Crippen LogP contribution in [0.2, 0.25) is 0 Å². The van der Waals surface area contributed by atoms with E-state index in [1.165, 1.54) is 0 Å². The summed E-state index contributed by atoms with van der Waals surface area (Å²) in [6, 6.07) is 3.61. The molecule has 1 atom stereocenters. The second-order valence-electron chi connectivity index (χ2n) is 4.62. The average Bonchev–Trinajstić information content (AvgIpc) is 3.07. The van der Waals surface area contributed by atoms with E-state index in [1.807, 2.05) is 26.1 Å². The molecule has 2 heterocycles. The van der Waals surface area contributed by atoms with E-state index in [2.05, 4.69) is 20.6 Å². The summed E-state index contributed by atoms with van der Waals surface area (Å²) in [7, 11) is 1.69. The molecule has 0 aliphatic heterocycles. The first kappa shape index (κ1) is 15.5. The van der Waals surface area contributed by atoms with Crippen molar-refractivity contribution in [3.63, 3.8) is 0 Å². The molecular formula is C14H20N4O2S. The van der Waals surface area contributed by atoms with E-state index in [9.17, 15) is 5.11 Å². The van der Waals surface area contributed by atoms with Gasteiger partial charge in [0.1, 0.15) is 17.6 Å². The summed E-state index contributed by atoms with van der Waals surface area (Å²) in [6.07, 6.45) is 1.14. The number of nitrogens with zero attached hydrogens (tertiary/aromatic N) is 2. The van der Waals surface area contributed by atoms with E-state index in [0.29, 0.717) is 24.8 Å². The number of furan rings is 1. The van der Waals surface area contributed by atoms with Gasteiger partial charge in [-0.15, -0.1) is 11.3 Å². The zero-order chi connectivity index (χ0) is 15.2. The highest BCUT2D eigenvalue weighted by Crippen LogP contribution is 2.15. The normalized spacial score (nSPS) is 13.2. The Bertz CT molecular complexity index is 606. The molecule has 2 rings (SSSR count). The van der Waals surface area contributed by atoms with Crippen LogP contribution in [0.25, 0.3) is 0 Å². The molecule has 0 spiro atoms. The predicted octanol–water partition coefficient (Wildman–Crippen LogP) is 1.75. The molecule has 6 nitrogen and oxygen atoms in total. The van der Waals surface area contributed by atoms with Gasteiger partial charge in [0.2, 0.25) is 0 Å². The Labute approximate surface area is 127 Å². The van der Waals surface area contributed by atoms with Crippen molar-refractivity contribution >= 4 is 17.3 Å². The fourth-order valence-electron chi connectivity index (χ4n) is 1.80. The molecule has 0 saturated carbocycles. The minimum atomic E-state index is -0.706. The van der Waals surface area contributed by atoms with Gasteiger partial charge >= 0.3 is 0 Å². The molecule has 0 aliphatic carbocycles. The molecule has 3 N–H and O–H groups in total. The minimum Gasteiger partial charge on any atom is -0.464 e. The van der Waals surface area contributed by atoms with Crippen LogP contribution in [-0.2, 0) is 6.54 Å². The van der Waals surface area contributed by atoms with Crippen molar-refractivity contribution in [3.05, 3.63) is 39.7 Å². The zero-order valence-electron chi connectivity index (χ0n) is 12.4. The lowest BCUT2D eigenvalue weighted by Gasteiger charge is -2.13. The van der Waals surface area contributed by atoms with E-state index in [-0.39, 0.29) is 0 Å². The van der Waals surface area contributed by atoms with Crippen LogP contribution in [0, 0.1) is 13.8 Å². The monoisotopic (exact) mass is 308 g/mol. The Morgan fingerprint density at radius 3 is 2.81 bits per heavy atom. The third-order valence-corrected chi connectivity index (χ3v) is 3.79. The van der Waals surface area contributed by atoms with Crippen LogP contribution in [0.15, 0.2) is 27.7 Å². The van der Waals surface area contributed by atoms with Crippen LogP contribution in [0.5, 0.6) is 0 Å². The van der Waals surface area contributed by atoms with Gasteiger partial charge in [-0.3, -0.25) is 4.99 Å². The smallest absolute Gasteiger partial charge is 0.191 e. The molecular weight excluding hydrogens is 288 g/mol. The molecule has 0 fully saturated rings. The molecule has 0 bridgehead atoms. The maximum absolute atomic E-state index is 10.0. The molecule has 1 unspecified atom stereocenters. The highest BCUT2D eigenvalue weighted by molar-refractivity contribution is 7.11. The molecule has 0 saturated heterocycles. The second-order valence-corrected chi connectivity index (χ2v) is 5.94. The van der Waals surface area contributed by atoms with Crippen molar-refractivity contribution < 1.29 is 9.52 Å². The molecule has 21 heavy (non-hydrogen) atoms. The first-order chi connectivity index (χ1) is 10.1. The number of rotatable bonds is 5. The molecule has 0 radical (unpaired) electrons. The molecule has 2 aromatic heterocycles. The summed E-state index contributed by atoms with van der Waals surface area (Å²) >= 11 is 1.64. The van der Waals surface area contributed by atoms with Gasteiger partial charge in [0, 0.05) is 18.1 Å². The maximum atomic E-state index is 10.0. The highest BCUT2D eigenvalue weighted by atomic mass is 32.1. The number of aromatic nitrogens is 1. The number of aliphatic imine (C=N–C) groups is 1. The van der Waals surface area contributed by atoms with Gasteiger partial charge in [-0.05, 0) is 26.0 Å². The molecule has 7 heteroatoms. The van der Waals surface area contributed by atoms with Crippen molar-refractivity contribution in [2.75, 3.05) is 13.6 Å². The Kier molecular flexibility index (Phi) is 5.35. The second kappa shape index (κ2) is 7.24. The fraction of sp³-hybridized carbons (Fsp3) is 0.429. The number of aliphatic hydroxyl groups excluding tert-OH is 1.